The van der Waals surface area contributed by atoms with E-state index in [2.05, 4.69) is 34.6 Å². The molecule has 1 fully saturated rings. The Hall–Kier alpha value is -1.16. The Balaban J connectivity index is 0.00000288. The molecular weight excluding hydrogens is 417 g/mol. The molecule has 0 atom stereocenters. The van der Waals surface area contributed by atoms with Crippen LogP contribution >= 0.6 is 24.0 Å². The molecule has 1 aliphatic rings. The van der Waals surface area contributed by atoms with Crippen molar-refractivity contribution >= 4 is 35.9 Å². The molecule has 0 saturated carbocycles. The van der Waals surface area contributed by atoms with Crippen molar-refractivity contribution in [1.82, 2.24) is 24.7 Å². The maximum atomic E-state index is 4.68. The molecule has 7 nitrogen and oxygen atoms in total. The quantitative estimate of drug-likeness (QED) is 0.292. The molecule has 2 heterocycles. The Labute approximate surface area is 162 Å². The van der Waals surface area contributed by atoms with Gasteiger partial charge in [0.05, 0.1) is 0 Å². The van der Waals surface area contributed by atoms with Crippen molar-refractivity contribution in [3.8, 4) is 0 Å². The lowest BCUT2D eigenvalue weighted by atomic mass is 10.3. The number of hydrogen-bond donors (Lipinski definition) is 0. The van der Waals surface area contributed by atoms with E-state index in [4.69, 9.17) is 0 Å². The number of halogens is 1. The summed E-state index contributed by atoms with van der Waals surface area (Å²) in [5.41, 5.74) is 0. The zero-order valence-corrected chi connectivity index (χ0v) is 17.6. The van der Waals surface area contributed by atoms with Gasteiger partial charge in [-0.1, -0.05) is 0 Å². The fourth-order valence-electron chi connectivity index (χ4n) is 2.78. The average Bonchev–Trinajstić information content (AvgIpc) is 2.55. The second kappa shape index (κ2) is 10.7. The van der Waals surface area contributed by atoms with E-state index in [1.165, 1.54) is 0 Å². The summed E-state index contributed by atoms with van der Waals surface area (Å²) in [6.45, 7) is 6.09. The lowest BCUT2D eigenvalue weighted by Crippen LogP contribution is -2.47. The summed E-state index contributed by atoms with van der Waals surface area (Å²) in [6.07, 6.45) is 4.70. The van der Waals surface area contributed by atoms with Crippen LogP contribution in [0.2, 0.25) is 0 Å². The minimum absolute atomic E-state index is 0. The number of aromatic nitrogens is 2. The molecule has 0 N–H and O–H groups in total. The summed E-state index contributed by atoms with van der Waals surface area (Å²) in [4.78, 5) is 22.2. The highest BCUT2D eigenvalue weighted by molar-refractivity contribution is 14.0. The number of guanidine groups is 1. The van der Waals surface area contributed by atoms with Crippen LogP contribution in [0.5, 0.6) is 0 Å². The van der Waals surface area contributed by atoms with E-state index in [0.29, 0.717) is 0 Å². The van der Waals surface area contributed by atoms with Crippen LogP contribution < -0.4 is 4.90 Å². The van der Waals surface area contributed by atoms with Crippen LogP contribution in [-0.4, -0.2) is 98.1 Å². The normalized spacial score (nSPS) is 14.8. The van der Waals surface area contributed by atoms with Gasteiger partial charge in [-0.3, -0.25) is 9.89 Å². The van der Waals surface area contributed by atoms with Gasteiger partial charge in [0.15, 0.2) is 5.96 Å². The first-order valence-corrected chi connectivity index (χ1v) is 8.21. The van der Waals surface area contributed by atoms with Crippen LogP contribution in [0.25, 0.3) is 0 Å². The first-order valence-electron chi connectivity index (χ1n) is 8.21. The monoisotopic (exact) mass is 447 g/mol. The minimum Gasteiger partial charge on any atom is -0.349 e. The second-order valence-corrected chi connectivity index (χ2v) is 6.20. The maximum Gasteiger partial charge on any atom is 0.225 e. The third-order valence-electron chi connectivity index (χ3n) is 3.89. The summed E-state index contributed by atoms with van der Waals surface area (Å²) in [7, 11) is 8.13. The van der Waals surface area contributed by atoms with Crippen LogP contribution in [0.4, 0.5) is 5.95 Å². The lowest BCUT2D eigenvalue weighted by Gasteiger charge is -2.34. The highest BCUT2D eigenvalue weighted by Crippen LogP contribution is 2.09. The van der Waals surface area contributed by atoms with E-state index in [0.717, 1.165) is 57.6 Å². The Morgan fingerprint density at radius 2 is 1.62 bits per heavy atom. The molecular formula is C16H30IN7. The average molecular weight is 447 g/mol. The van der Waals surface area contributed by atoms with Gasteiger partial charge in [-0.2, -0.15) is 0 Å². The third-order valence-corrected chi connectivity index (χ3v) is 3.89. The minimum atomic E-state index is 0. The SMILES string of the molecule is CN(C)C(=NCCCN1CCN(c2ncccn2)CC1)N(C)C.I. The fourth-order valence-corrected chi connectivity index (χ4v) is 2.78. The Morgan fingerprint density at radius 3 is 2.17 bits per heavy atom. The number of aliphatic imine (C=N–C) groups is 1. The lowest BCUT2D eigenvalue weighted by molar-refractivity contribution is 0.255. The molecule has 1 saturated heterocycles. The molecule has 1 aliphatic heterocycles. The molecule has 1 aromatic rings. The number of piperazine rings is 1. The fraction of sp³-hybridized carbons (Fsp3) is 0.688. The largest absolute Gasteiger partial charge is 0.349 e. The van der Waals surface area contributed by atoms with E-state index < -0.39 is 0 Å². The molecule has 8 heteroatoms. The molecule has 0 spiro atoms. The van der Waals surface area contributed by atoms with Gasteiger partial charge in [0.2, 0.25) is 5.95 Å². The molecule has 0 unspecified atom stereocenters. The van der Waals surface area contributed by atoms with Crippen LogP contribution in [0.3, 0.4) is 0 Å². The van der Waals surface area contributed by atoms with Crippen LogP contribution in [-0.2, 0) is 0 Å². The van der Waals surface area contributed by atoms with Gasteiger partial charge in [-0.15, -0.1) is 24.0 Å². The van der Waals surface area contributed by atoms with Crippen LogP contribution in [0.15, 0.2) is 23.5 Å². The van der Waals surface area contributed by atoms with Crippen molar-refractivity contribution in [2.45, 2.75) is 6.42 Å². The van der Waals surface area contributed by atoms with Gasteiger partial charge in [0.25, 0.3) is 0 Å². The zero-order valence-electron chi connectivity index (χ0n) is 15.2. The van der Waals surface area contributed by atoms with E-state index >= 15 is 0 Å². The van der Waals surface area contributed by atoms with E-state index in [9.17, 15) is 0 Å². The molecule has 2 rings (SSSR count). The summed E-state index contributed by atoms with van der Waals surface area (Å²) >= 11 is 0. The number of anilines is 1. The molecule has 1 aromatic heterocycles. The van der Waals surface area contributed by atoms with Crippen molar-refractivity contribution in [3.63, 3.8) is 0 Å². The van der Waals surface area contributed by atoms with Crippen molar-refractivity contribution in [2.75, 3.05) is 72.4 Å². The zero-order chi connectivity index (χ0) is 16.7. The molecule has 24 heavy (non-hydrogen) atoms. The molecule has 0 radical (unpaired) electrons. The van der Waals surface area contributed by atoms with Crippen molar-refractivity contribution in [1.29, 1.82) is 0 Å². The first kappa shape index (κ1) is 20.9. The van der Waals surface area contributed by atoms with Gasteiger partial charge >= 0.3 is 0 Å². The molecule has 0 bridgehead atoms. The maximum absolute atomic E-state index is 4.68. The summed E-state index contributed by atoms with van der Waals surface area (Å²) < 4.78 is 0. The topological polar surface area (TPSA) is 51.1 Å². The highest BCUT2D eigenvalue weighted by atomic mass is 127. The first-order chi connectivity index (χ1) is 11.1. The Kier molecular flexibility index (Phi) is 9.27. The summed E-state index contributed by atoms with van der Waals surface area (Å²) in [6, 6.07) is 1.86. The number of rotatable bonds is 5. The number of hydrogen-bond acceptors (Lipinski definition) is 5. The van der Waals surface area contributed by atoms with Gasteiger partial charge < -0.3 is 14.7 Å². The molecule has 136 valence electrons. The van der Waals surface area contributed by atoms with E-state index in [1.807, 2.05) is 34.3 Å². The predicted molar refractivity (Wildman–Crippen MR) is 110 cm³/mol. The van der Waals surface area contributed by atoms with Gasteiger partial charge in [-0.25, -0.2) is 9.97 Å². The van der Waals surface area contributed by atoms with Gasteiger partial charge in [0, 0.05) is 79.9 Å². The number of nitrogens with zero attached hydrogens (tertiary/aromatic N) is 7. The molecule has 0 aliphatic carbocycles. The smallest absolute Gasteiger partial charge is 0.225 e. The van der Waals surface area contributed by atoms with Crippen molar-refractivity contribution in [3.05, 3.63) is 18.5 Å². The standard InChI is InChI=1S/C16H29N7.HI/c1-20(2)16(21(3)4)19-9-6-10-22-11-13-23(14-12-22)15-17-7-5-8-18-15;/h5,7-8H,6,9-14H2,1-4H3;1H. The van der Waals surface area contributed by atoms with Gasteiger partial charge in [0.1, 0.15) is 0 Å². The molecule has 0 amide bonds. The van der Waals surface area contributed by atoms with Gasteiger partial charge in [-0.05, 0) is 12.5 Å². The molecule has 0 aromatic carbocycles. The van der Waals surface area contributed by atoms with E-state index in [1.54, 1.807) is 12.4 Å². The highest BCUT2D eigenvalue weighted by Gasteiger charge is 2.18. The Morgan fingerprint density at radius 1 is 1.04 bits per heavy atom. The van der Waals surface area contributed by atoms with Crippen molar-refractivity contribution in [2.24, 2.45) is 4.99 Å². The predicted octanol–water partition coefficient (Wildman–Crippen LogP) is 1.09. The third kappa shape index (κ3) is 6.39. The van der Waals surface area contributed by atoms with Crippen molar-refractivity contribution < 1.29 is 0 Å². The van der Waals surface area contributed by atoms with Crippen LogP contribution in [0, 0.1) is 0 Å². The Bertz CT molecular complexity index is 474. The van der Waals surface area contributed by atoms with Crippen LogP contribution in [0.1, 0.15) is 6.42 Å². The second-order valence-electron chi connectivity index (χ2n) is 6.20. The summed E-state index contributed by atoms with van der Waals surface area (Å²) in [5.74, 6) is 1.87. The van der Waals surface area contributed by atoms with E-state index in [-0.39, 0.29) is 24.0 Å². The summed E-state index contributed by atoms with van der Waals surface area (Å²) in [5, 5.41) is 0.